The topological polar surface area (TPSA) is 59.1 Å². The largest absolute Gasteiger partial charge is 0.494 e. The third kappa shape index (κ3) is 5.41. The second-order valence-corrected chi connectivity index (χ2v) is 6.04. The van der Waals surface area contributed by atoms with Crippen molar-refractivity contribution in [1.29, 1.82) is 0 Å². The molecule has 2 aromatic carbocycles. The highest BCUT2D eigenvalue weighted by atomic mass is 19.1. The maximum absolute atomic E-state index is 13.7. The molecule has 5 nitrogen and oxygen atoms in total. The van der Waals surface area contributed by atoms with Crippen LogP contribution in [0, 0.1) is 12.7 Å². The van der Waals surface area contributed by atoms with E-state index in [1.807, 2.05) is 50.2 Å². The molecule has 0 saturated heterocycles. The van der Waals surface area contributed by atoms with Crippen molar-refractivity contribution < 1.29 is 9.13 Å². The van der Waals surface area contributed by atoms with Crippen LogP contribution in [0.1, 0.15) is 18.3 Å². The Hall–Kier alpha value is -3.15. The number of hydrogen-bond acceptors (Lipinski definition) is 5. The Labute approximate surface area is 158 Å². The minimum Gasteiger partial charge on any atom is -0.494 e. The molecule has 0 saturated carbocycles. The Morgan fingerprint density at radius 3 is 2.48 bits per heavy atom. The van der Waals surface area contributed by atoms with Gasteiger partial charge < -0.3 is 15.4 Å². The molecule has 0 fully saturated rings. The molecule has 0 radical (unpaired) electrons. The van der Waals surface area contributed by atoms with Gasteiger partial charge in [-0.25, -0.2) is 14.4 Å². The third-order valence-electron chi connectivity index (χ3n) is 3.93. The summed E-state index contributed by atoms with van der Waals surface area (Å²) in [6.07, 6.45) is 0.581. The van der Waals surface area contributed by atoms with Crippen LogP contribution in [0.5, 0.6) is 5.75 Å². The SMILES string of the molecule is CCOc1ccc(Nc2cc(NCCc3ccccc3F)nc(C)n2)cc1. The molecule has 1 heterocycles. The summed E-state index contributed by atoms with van der Waals surface area (Å²) >= 11 is 0. The van der Waals surface area contributed by atoms with Crippen molar-refractivity contribution in [2.75, 3.05) is 23.8 Å². The molecular formula is C21H23FN4O. The molecule has 1 aromatic heterocycles. The van der Waals surface area contributed by atoms with Crippen LogP contribution in [0.3, 0.4) is 0 Å². The quantitative estimate of drug-likeness (QED) is 0.604. The standard InChI is InChI=1S/C21H23FN4O/c1-3-27-18-10-8-17(9-11-18)26-21-14-20(24-15(2)25-21)23-13-12-16-6-4-5-7-19(16)22/h4-11,14H,3,12-13H2,1-2H3,(H2,23,24,25,26). The van der Waals surface area contributed by atoms with Crippen LogP contribution in [-0.2, 0) is 6.42 Å². The Kier molecular flexibility index (Phi) is 6.20. The molecule has 2 N–H and O–H groups in total. The van der Waals surface area contributed by atoms with Crippen LogP contribution in [0.2, 0.25) is 0 Å². The molecule has 0 aliphatic carbocycles. The summed E-state index contributed by atoms with van der Waals surface area (Å²) in [7, 11) is 0. The van der Waals surface area contributed by atoms with Crippen LogP contribution >= 0.6 is 0 Å². The first kappa shape index (κ1) is 18.6. The van der Waals surface area contributed by atoms with E-state index in [0.29, 0.717) is 42.6 Å². The first-order chi connectivity index (χ1) is 13.1. The van der Waals surface area contributed by atoms with E-state index in [1.165, 1.54) is 6.07 Å². The summed E-state index contributed by atoms with van der Waals surface area (Å²) in [6.45, 7) is 5.02. The summed E-state index contributed by atoms with van der Waals surface area (Å²) in [5.74, 6) is 2.69. The lowest BCUT2D eigenvalue weighted by Gasteiger charge is -2.11. The van der Waals surface area contributed by atoms with Crippen molar-refractivity contribution in [2.24, 2.45) is 0 Å². The molecular weight excluding hydrogens is 343 g/mol. The predicted molar refractivity (Wildman–Crippen MR) is 106 cm³/mol. The molecule has 0 aliphatic rings. The highest BCUT2D eigenvalue weighted by molar-refractivity contribution is 5.60. The van der Waals surface area contributed by atoms with Gasteiger partial charge in [-0.15, -0.1) is 0 Å². The Balaban J connectivity index is 1.62. The molecule has 27 heavy (non-hydrogen) atoms. The minimum absolute atomic E-state index is 0.184. The molecule has 140 valence electrons. The normalized spacial score (nSPS) is 10.5. The molecule has 0 amide bonds. The number of aromatic nitrogens is 2. The van der Waals surface area contributed by atoms with E-state index in [9.17, 15) is 4.39 Å². The van der Waals surface area contributed by atoms with Crippen LogP contribution in [0.4, 0.5) is 21.7 Å². The van der Waals surface area contributed by atoms with E-state index in [1.54, 1.807) is 12.1 Å². The number of nitrogens with one attached hydrogen (secondary N) is 2. The van der Waals surface area contributed by atoms with Gasteiger partial charge in [0.1, 0.15) is 29.0 Å². The van der Waals surface area contributed by atoms with Crippen molar-refractivity contribution >= 4 is 17.3 Å². The minimum atomic E-state index is -0.184. The maximum atomic E-state index is 13.7. The number of ether oxygens (including phenoxy) is 1. The summed E-state index contributed by atoms with van der Waals surface area (Å²) in [5, 5.41) is 6.50. The number of halogens is 1. The average molecular weight is 366 g/mol. The van der Waals surface area contributed by atoms with E-state index in [-0.39, 0.29) is 5.82 Å². The second-order valence-electron chi connectivity index (χ2n) is 6.04. The Morgan fingerprint density at radius 1 is 1.00 bits per heavy atom. The van der Waals surface area contributed by atoms with Gasteiger partial charge in [0.25, 0.3) is 0 Å². The monoisotopic (exact) mass is 366 g/mol. The maximum Gasteiger partial charge on any atom is 0.136 e. The van der Waals surface area contributed by atoms with Crippen LogP contribution < -0.4 is 15.4 Å². The lowest BCUT2D eigenvalue weighted by atomic mass is 10.1. The highest BCUT2D eigenvalue weighted by Crippen LogP contribution is 2.20. The molecule has 3 aromatic rings. The fourth-order valence-corrected chi connectivity index (χ4v) is 2.70. The highest BCUT2D eigenvalue weighted by Gasteiger charge is 2.04. The summed E-state index contributed by atoms with van der Waals surface area (Å²) in [6, 6.07) is 16.3. The Morgan fingerprint density at radius 2 is 1.74 bits per heavy atom. The van der Waals surface area contributed by atoms with Crippen LogP contribution in [-0.4, -0.2) is 23.1 Å². The molecule has 0 spiro atoms. The zero-order valence-electron chi connectivity index (χ0n) is 15.5. The van der Waals surface area contributed by atoms with Gasteiger partial charge in [-0.2, -0.15) is 0 Å². The smallest absolute Gasteiger partial charge is 0.136 e. The van der Waals surface area contributed by atoms with Crippen molar-refractivity contribution in [3.05, 3.63) is 71.8 Å². The van der Waals surface area contributed by atoms with Gasteiger partial charge in [0.2, 0.25) is 0 Å². The van der Waals surface area contributed by atoms with Gasteiger partial charge in [-0.3, -0.25) is 0 Å². The molecule has 0 aliphatic heterocycles. The molecule has 3 rings (SSSR count). The molecule has 0 atom stereocenters. The number of aryl methyl sites for hydroxylation is 1. The number of rotatable bonds is 8. The summed E-state index contributed by atoms with van der Waals surface area (Å²) in [5.41, 5.74) is 1.59. The zero-order valence-corrected chi connectivity index (χ0v) is 15.5. The lowest BCUT2D eigenvalue weighted by Crippen LogP contribution is -2.09. The van der Waals surface area contributed by atoms with Gasteiger partial charge in [0.15, 0.2) is 0 Å². The summed E-state index contributed by atoms with van der Waals surface area (Å²) < 4.78 is 19.1. The molecule has 0 bridgehead atoms. The number of benzene rings is 2. The van der Waals surface area contributed by atoms with Gasteiger partial charge in [0, 0.05) is 18.3 Å². The zero-order chi connectivity index (χ0) is 19.1. The van der Waals surface area contributed by atoms with Gasteiger partial charge in [-0.1, -0.05) is 18.2 Å². The van der Waals surface area contributed by atoms with E-state index >= 15 is 0 Å². The Bertz CT molecular complexity index is 884. The third-order valence-corrected chi connectivity index (χ3v) is 3.93. The predicted octanol–water partition coefficient (Wildman–Crippen LogP) is 4.72. The van der Waals surface area contributed by atoms with E-state index < -0.39 is 0 Å². The van der Waals surface area contributed by atoms with E-state index in [2.05, 4.69) is 20.6 Å². The van der Waals surface area contributed by atoms with Crippen LogP contribution in [0.15, 0.2) is 54.6 Å². The summed E-state index contributed by atoms with van der Waals surface area (Å²) in [4.78, 5) is 8.81. The number of anilines is 3. The van der Waals surface area contributed by atoms with Gasteiger partial charge in [0.05, 0.1) is 6.61 Å². The van der Waals surface area contributed by atoms with Crippen molar-refractivity contribution in [2.45, 2.75) is 20.3 Å². The molecule has 6 heteroatoms. The van der Waals surface area contributed by atoms with E-state index in [0.717, 1.165) is 11.4 Å². The number of nitrogens with zero attached hydrogens (tertiary/aromatic N) is 2. The van der Waals surface area contributed by atoms with Crippen molar-refractivity contribution in [3.8, 4) is 5.75 Å². The fourth-order valence-electron chi connectivity index (χ4n) is 2.70. The van der Waals surface area contributed by atoms with Crippen LogP contribution in [0.25, 0.3) is 0 Å². The van der Waals surface area contributed by atoms with Gasteiger partial charge in [-0.05, 0) is 56.2 Å². The van der Waals surface area contributed by atoms with Crippen molar-refractivity contribution in [1.82, 2.24) is 9.97 Å². The molecule has 0 unspecified atom stereocenters. The first-order valence-corrected chi connectivity index (χ1v) is 8.97. The fraction of sp³-hybridized carbons (Fsp3) is 0.238. The van der Waals surface area contributed by atoms with E-state index in [4.69, 9.17) is 4.74 Å². The lowest BCUT2D eigenvalue weighted by molar-refractivity contribution is 0.340. The second kappa shape index (κ2) is 8.98. The average Bonchev–Trinajstić information content (AvgIpc) is 2.65. The van der Waals surface area contributed by atoms with Gasteiger partial charge >= 0.3 is 0 Å². The number of hydrogen-bond donors (Lipinski definition) is 2. The van der Waals surface area contributed by atoms with Crippen molar-refractivity contribution in [3.63, 3.8) is 0 Å². The first-order valence-electron chi connectivity index (χ1n) is 8.97.